The van der Waals surface area contributed by atoms with Crippen LogP contribution in [-0.4, -0.2) is 29.3 Å². The van der Waals surface area contributed by atoms with Crippen LogP contribution in [0.25, 0.3) is 5.57 Å². The maximum Gasteiger partial charge on any atom is 0.0731 e. The van der Waals surface area contributed by atoms with Crippen molar-refractivity contribution in [2.75, 3.05) is 14.1 Å². The molecule has 0 amide bonds. The topological polar surface area (TPSA) is 16.1 Å². The number of nitrogens with zero attached hydrogens (tertiary/aromatic N) is 2. The van der Waals surface area contributed by atoms with Gasteiger partial charge in [-0.2, -0.15) is 0 Å². The first kappa shape index (κ1) is 12.6. The predicted molar refractivity (Wildman–Crippen MR) is 73.5 cm³/mol. The monoisotopic (exact) mass is 232 g/mol. The summed E-state index contributed by atoms with van der Waals surface area (Å²) in [5.41, 5.74) is 2.94. The molecule has 0 unspecified atom stereocenters. The molecular weight excluding hydrogens is 216 g/mol. The molecule has 0 aliphatic rings. The van der Waals surface area contributed by atoms with Crippen LogP contribution < -0.4 is 0 Å². The van der Waals surface area contributed by atoms with E-state index in [-0.39, 0.29) is 0 Å². The van der Waals surface area contributed by atoms with Crippen molar-refractivity contribution in [1.82, 2.24) is 9.88 Å². The molecule has 1 heterocycles. The lowest BCUT2D eigenvalue weighted by atomic mass is 10.1. The Hall–Kier alpha value is -1.48. The zero-order valence-corrected chi connectivity index (χ0v) is 10.5. The number of allylic oxidation sites excluding steroid dienone is 2. The van der Waals surface area contributed by atoms with Crippen LogP contribution in [0.3, 0.4) is 0 Å². The van der Waals surface area contributed by atoms with E-state index in [9.17, 15) is 0 Å². The maximum absolute atomic E-state index is 4.88. The smallest absolute Gasteiger partial charge is 0.0731 e. The molecule has 0 saturated carbocycles. The highest BCUT2D eigenvalue weighted by molar-refractivity contribution is 7.78. The van der Waals surface area contributed by atoms with E-state index in [2.05, 4.69) is 11.6 Å². The van der Waals surface area contributed by atoms with Gasteiger partial charge in [-0.15, -0.1) is 0 Å². The fraction of sp³-hybridized carbons (Fsp3) is 0.231. The van der Waals surface area contributed by atoms with Gasteiger partial charge in [0, 0.05) is 26.7 Å². The Balaban J connectivity index is 2.94. The summed E-state index contributed by atoms with van der Waals surface area (Å²) in [5, 5.41) is 1.71. The van der Waals surface area contributed by atoms with Crippen LogP contribution in [0.5, 0.6) is 0 Å². The van der Waals surface area contributed by atoms with Gasteiger partial charge >= 0.3 is 0 Å². The molecule has 1 rings (SSSR count). The minimum absolute atomic E-state index is 0.743. The van der Waals surface area contributed by atoms with Crippen molar-refractivity contribution in [1.29, 1.82) is 0 Å². The molecule has 0 aliphatic carbocycles. The number of aromatic nitrogens is 1. The van der Waals surface area contributed by atoms with E-state index in [1.165, 1.54) is 0 Å². The van der Waals surface area contributed by atoms with E-state index < -0.39 is 0 Å². The standard InChI is InChI=1S/C13H16N2S/c1-11(6-9-15(2)3)13-12(7-10-16)5-4-8-14-13/h4-6,8-10H,1,7H2,2-3H3/b9-6+. The highest BCUT2D eigenvalue weighted by Crippen LogP contribution is 2.16. The Morgan fingerprint density at radius 3 is 2.94 bits per heavy atom. The molecule has 0 spiro atoms. The van der Waals surface area contributed by atoms with Gasteiger partial charge in [0.2, 0.25) is 0 Å². The van der Waals surface area contributed by atoms with E-state index in [1.54, 1.807) is 11.6 Å². The van der Waals surface area contributed by atoms with Crippen LogP contribution in [0.2, 0.25) is 0 Å². The van der Waals surface area contributed by atoms with Crippen LogP contribution in [0.4, 0.5) is 0 Å². The van der Waals surface area contributed by atoms with Gasteiger partial charge in [-0.25, -0.2) is 0 Å². The van der Waals surface area contributed by atoms with E-state index >= 15 is 0 Å². The molecule has 0 N–H and O–H groups in total. The molecule has 2 nitrogen and oxygen atoms in total. The molecule has 0 aromatic carbocycles. The van der Waals surface area contributed by atoms with Gasteiger partial charge < -0.3 is 4.90 Å². The molecule has 0 radical (unpaired) electrons. The molecule has 0 aliphatic heterocycles. The Morgan fingerprint density at radius 2 is 2.31 bits per heavy atom. The molecule has 0 atom stereocenters. The van der Waals surface area contributed by atoms with E-state index in [4.69, 9.17) is 12.2 Å². The third-order valence-electron chi connectivity index (χ3n) is 2.07. The minimum atomic E-state index is 0.743. The summed E-state index contributed by atoms with van der Waals surface area (Å²) in [7, 11) is 3.94. The van der Waals surface area contributed by atoms with Crippen molar-refractivity contribution in [3.63, 3.8) is 0 Å². The Morgan fingerprint density at radius 1 is 1.56 bits per heavy atom. The molecule has 84 valence electrons. The summed E-state index contributed by atoms with van der Waals surface area (Å²) in [4.78, 5) is 6.30. The third-order valence-corrected chi connectivity index (χ3v) is 2.24. The molecule has 0 bridgehead atoms. The van der Waals surface area contributed by atoms with Crippen molar-refractivity contribution >= 4 is 23.2 Å². The molecule has 1 aromatic heterocycles. The zero-order valence-electron chi connectivity index (χ0n) is 9.68. The second kappa shape index (κ2) is 6.18. The molecule has 16 heavy (non-hydrogen) atoms. The Labute approximate surface area is 102 Å². The average Bonchev–Trinajstić information content (AvgIpc) is 2.27. The van der Waals surface area contributed by atoms with Crippen LogP contribution in [0.1, 0.15) is 11.3 Å². The summed E-state index contributed by atoms with van der Waals surface area (Å²) in [6.07, 6.45) is 6.43. The lowest BCUT2D eigenvalue weighted by Crippen LogP contribution is -2.01. The predicted octanol–water partition coefficient (Wildman–Crippen LogP) is 2.71. The number of thiocarbonyl (C=S) groups is 1. The van der Waals surface area contributed by atoms with Crippen LogP contribution in [-0.2, 0) is 6.42 Å². The zero-order chi connectivity index (χ0) is 12.0. The lowest BCUT2D eigenvalue weighted by Gasteiger charge is -2.07. The Bertz CT molecular complexity index is 408. The van der Waals surface area contributed by atoms with Gasteiger partial charge in [0.25, 0.3) is 0 Å². The fourth-order valence-electron chi connectivity index (χ4n) is 1.30. The van der Waals surface area contributed by atoms with Gasteiger partial charge in [-0.1, -0.05) is 24.9 Å². The number of hydrogen-bond donors (Lipinski definition) is 0. The molecule has 1 aromatic rings. The molecule has 3 heteroatoms. The quantitative estimate of drug-likeness (QED) is 0.573. The van der Waals surface area contributed by atoms with Gasteiger partial charge in [0.15, 0.2) is 0 Å². The average molecular weight is 232 g/mol. The second-order valence-electron chi connectivity index (χ2n) is 3.69. The number of pyridine rings is 1. The van der Waals surface area contributed by atoms with E-state index in [1.807, 2.05) is 43.4 Å². The lowest BCUT2D eigenvalue weighted by molar-refractivity contribution is 0.564. The molecule has 0 saturated heterocycles. The highest BCUT2D eigenvalue weighted by Gasteiger charge is 2.03. The number of rotatable bonds is 5. The van der Waals surface area contributed by atoms with Crippen molar-refractivity contribution < 1.29 is 0 Å². The normalized spacial score (nSPS) is 10.4. The van der Waals surface area contributed by atoms with E-state index in [0.717, 1.165) is 23.3 Å². The van der Waals surface area contributed by atoms with Gasteiger partial charge in [-0.05, 0) is 34.8 Å². The summed E-state index contributed by atoms with van der Waals surface area (Å²) >= 11 is 4.88. The van der Waals surface area contributed by atoms with E-state index in [0.29, 0.717) is 0 Å². The van der Waals surface area contributed by atoms with Gasteiger partial charge in [-0.3, -0.25) is 4.98 Å². The first-order valence-corrected chi connectivity index (χ1v) is 5.53. The Kier molecular flexibility index (Phi) is 4.86. The van der Waals surface area contributed by atoms with Crippen molar-refractivity contribution in [2.45, 2.75) is 6.42 Å². The fourth-order valence-corrected chi connectivity index (χ4v) is 1.48. The second-order valence-corrected chi connectivity index (χ2v) is 4.02. The summed E-state index contributed by atoms with van der Waals surface area (Å²) in [5.74, 6) is 0. The third kappa shape index (κ3) is 3.59. The van der Waals surface area contributed by atoms with Gasteiger partial charge in [0.1, 0.15) is 0 Å². The molecule has 0 fully saturated rings. The SMILES string of the molecule is C=C(/C=C/N(C)C)c1ncccc1CC=S. The van der Waals surface area contributed by atoms with Crippen LogP contribution in [0, 0.1) is 0 Å². The largest absolute Gasteiger partial charge is 0.383 e. The van der Waals surface area contributed by atoms with Crippen LogP contribution >= 0.6 is 12.2 Å². The first-order chi connectivity index (χ1) is 7.65. The van der Waals surface area contributed by atoms with Crippen molar-refractivity contribution in [3.05, 3.63) is 48.4 Å². The van der Waals surface area contributed by atoms with Gasteiger partial charge in [0.05, 0.1) is 5.69 Å². The van der Waals surface area contributed by atoms with Crippen LogP contribution in [0.15, 0.2) is 37.2 Å². The summed E-state index contributed by atoms with van der Waals surface area (Å²) < 4.78 is 0. The number of hydrogen-bond acceptors (Lipinski definition) is 3. The minimum Gasteiger partial charge on any atom is -0.383 e. The summed E-state index contributed by atoms with van der Waals surface area (Å²) in [6, 6.07) is 3.94. The molecular formula is C13H16N2S. The first-order valence-electron chi connectivity index (χ1n) is 5.06. The highest BCUT2D eigenvalue weighted by atomic mass is 32.1. The van der Waals surface area contributed by atoms with Crippen molar-refractivity contribution in [3.8, 4) is 0 Å². The maximum atomic E-state index is 4.88. The summed E-state index contributed by atoms with van der Waals surface area (Å²) in [6.45, 7) is 4.02. The van der Waals surface area contributed by atoms with Crippen molar-refractivity contribution in [2.24, 2.45) is 0 Å².